The first-order valence-corrected chi connectivity index (χ1v) is 7.70. The van der Waals surface area contributed by atoms with Crippen LogP contribution in [0.4, 0.5) is 4.79 Å². The largest absolute Gasteiger partial charge is 0.335 e. The molecule has 0 unspecified atom stereocenters. The number of benzene rings is 1. The van der Waals surface area contributed by atoms with Crippen molar-refractivity contribution in [2.75, 3.05) is 26.2 Å². The first kappa shape index (κ1) is 16.3. The highest BCUT2D eigenvalue weighted by molar-refractivity contribution is 5.95. The highest BCUT2D eigenvalue weighted by Gasteiger charge is 2.26. The molecule has 0 spiro atoms. The van der Waals surface area contributed by atoms with Gasteiger partial charge in [0.15, 0.2) is 0 Å². The maximum absolute atomic E-state index is 12.5. The first-order valence-electron chi connectivity index (χ1n) is 7.70. The van der Waals surface area contributed by atoms with Gasteiger partial charge >= 0.3 is 6.03 Å². The summed E-state index contributed by atoms with van der Waals surface area (Å²) in [5, 5.41) is 2.96. The Morgan fingerprint density at radius 3 is 2.09 bits per heavy atom. The van der Waals surface area contributed by atoms with E-state index >= 15 is 0 Å². The third-order valence-electron chi connectivity index (χ3n) is 3.71. The van der Waals surface area contributed by atoms with Crippen LogP contribution in [0.1, 0.15) is 36.7 Å². The zero-order chi connectivity index (χ0) is 16.3. The Kier molecular flexibility index (Phi) is 4.74. The van der Waals surface area contributed by atoms with E-state index in [4.69, 9.17) is 0 Å². The van der Waals surface area contributed by atoms with Crippen molar-refractivity contribution in [2.24, 2.45) is 0 Å². The van der Waals surface area contributed by atoms with Crippen LogP contribution in [0.5, 0.6) is 0 Å². The predicted octanol–water partition coefficient (Wildman–Crippen LogP) is 2.26. The molecule has 0 saturated carbocycles. The molecule has 1 aliphatic heterocycles. The van der Waals surface area contributed by atoms with Crippen molar-refractivity contribution >= 4 is 11.9 Å². The Morgan fingerprint density at radius 2 is 1.55 bits per heavy atom. The van der Waals surface area contributed by atoms with Gasteiger partial charge in [0.1, 0.15) is 0 Å². The van der Waals surface area contributed by atoms with Crippen molar-refractivity contribution in [3.8, 4) is 0 Å². The maximum Gasteiger partial charge on any atom is 0.317 e. The lowest BCUT2D eigenvalue weighted by Gasteiger charge is -2.36. The molecule has 1 heterocycles. The zero-order valence-corrected chi connectivity index (χ0v) is 13.8. The van der Waals surface area contributed by atoms with Gasteiger partial charge in [-0.15, -0.1) is 0 Å². The molecule has 1 saturated heterocycles. The Morgan fingerprint density at radius 1 is 1.00 bits per heavy atom. The zero-order valence-electron chi connectivity index (χ0n) is 13.8. The van der Waals surface area contributed by atoms with E-state index in [1.165, 1.54) is 0 Å². The summed E-state index contributed by atoms with van der Waals surface area (Å²) in [5.41, 5.74) is 1.49. The summed E-state index contributed by atoms with van der Waals surface area (Å²) in [5.74, 6) is 0.0500. The molecule has 120 valence electrons. The first-order chi connectivity index (χ1) is 10.3. The number of nitrogens with zero attached hydrogens (tertiary/aromatic N) is 2. The van der Waals surface area contributed by atoms with Crippen LogP contribution in [0.25, 0.3) is 0 Å². The number of amides is 3. The molecule has 2 rings (SSSR count). The molecule has 0 atom stereocenters. The molecule has 0 aliphatic carbocycles. The highest BCUT2D eigenvalue weighted by Crippen LogP contribution is 2.13. The molecule has 3 amide bonds. The van der Waals surface area contributed by atoms with E-state index in [1.54, 1.807) is 4.90 Å². The van der Waals surface area contributed by atoms with Crippen LogP contribution >= 0.6 is 0 Å². The minimum absolute atomic E-state index is 0.0500. The molecule has 5 nitrogen and oxygen atoms in total. The van der Waals surface area contributed by atoms with Gasteiger partial charge in [-0.2, -0.15) is 0 Å². The van der Waals surface area contributed by atoms with Gasteiger partial charge in [-0.3, -0.25) is 4.79 Å². The Hall–Kier alpha value is -2.04. The quantitative estimate of drug-likeness (QED) is 0.865. The van der Waals surface area contributed by atoms with Crippen LogP contribution in [-0.4, -0.2) is 53.5 Å². The lowest BCUT2D eigenvalue weighted by molar-refractivity contribution is 0.0660. The molecule has 1 aromatic rings. The van der Waals surface area contributed by atoms with Gasteiger partial charge in [0.2, 0.25) is 0 Å². The molecule has 1 N–H and O–H groups in total. The SMILES string of the molecule is Cc1ccccc1C(=O)N1CCN(C(=O)NC(C)(C)C)CC1. The van der Waals surface area contributed by atoms with Crippen LogP contribution in [-0.2, 0) is 0 Å². The fraction of sp³-hybridized carbons (Fsp3) is 0.529. The Balaban J connectivity index is 1.94. The van der Waals surface area contributed by atoms with Gasteiger partial charge in [0.05, 0.1) is 0 Å². The molecule has 1 fully saturated rings. The standard InChI is InChI=1S/C17H25N3O2/c1-13-7-5-6-8-14(13)15(21)19-9-11-20(12-10-19)16(22)18-17(2,3)4/h5-8H,9-12H2,1-4H3,(H,18,22). The Labute approximate surface area is 132 Å². The van der Waals surface area contributed by atoms with Crippen LogP contribution < -0.4 is 5.32 Å². The molecular weight excluding hydrogens is 278 g/mol. The molecule has 0 aromatic heterocycles. The molecular formula is C17H25N3O2. The third-order valence-corrected chi connectivity index (χ3v) is 3.71. The summed E-state index contributed by atoms with van der Waals surface area (Å²) in [6, 6.07) is 7.56. The van der Waals surface area contributed by atoms with Gasteiger partial charge in [-0.05, 0) is 39.3 Å². The van der Waals surface area contributed by atoms with E-state index in [0.717, 1.165) is 11.1 Å². The normalized spacial score (nSPS) is 15.6. The summed E-state index contributed by atoms with van der Waals surface area (Å²) in [6.45, 7) is 10.1. The average Bonchev–Trinajstić information content (AvgIpc) is 2.45. The minimum Gasteiger partial charge on any atom is -0.335 e. The number of carbonyl (C=O) groups excluding carboxylic acids is 2. The summed E-state index contributed by atoms with van der Waals surface area (Å²) in [4.78, 5) is 28.3. The smallest absolute Gasteiger partial charge is 0.317 e. The van der Waals surface area contributed by atoms with E-state index in [1.807, 2.05) is 56.9 Å². The molecule has 5 heteroatoms. The second-order valence-electron chi connectivity index (χ2n) is 6.77. The van der Waals surface area contributed by atoms with Crippen LogP contribution in [0.15, 0.2) is 24.3 Å². The van der Waals surface area contributed by atoms with Gasteiger partial charge in [-0.1, -0.05) is 18.2 Å². The van der Waals surface area contributed by atoms with Crippen molar-refractivity contribution in [1.82, 2.24) is 15.1 Å². The number of aryl methyl sites for hydroxylation is 1. The number of piperazine rings is 1. The molecule has 1 aliphatic rings. The Bertz CT molecular complexity index is 555. The van der Waals surface area contributed by atoms with Gasteiger partial charge in [0.25, 0.3) is 5.91 Å². The molecule has 22 heavy (non-hydrogen) atoms. The highest BCUT2D eigenvalue weighted by atomic mass is 16.2. The maximum atomic E-state index is 12.5. The van der Waals surface area contributed by atoms with Crippen molar-refractivity contribution in [3.63, 3.8) is 0 Å². The number of nitrogens with one attached hydrogen (secondary N) is 1. The average molecular weight is 303 g/mol. The second-order valence-corrected chi connectivity index (χ2v) is 6.77. The van der Waals surface area contributed by atoms with Gasteiger partial charge in [-0.25, -0.2) is 4.79 Å². The number of hydrogen-bond donors (Lipinski definition) is 1. The van der Waals surface area contributed by atoms with E-state index in [0.29, 0.717) is 26.2 Å². The molecule has 0 bridgehead atoms. The van der Waals surface area contributed by atoms with Crippen LogP contribution in [0, 0.1) is 6.92 Å². The van der Waals surface area contributed by atoms with Gasteiger partial charge in [0, 0.05) is 37.3 Å². The predicted molar refractivity (Wildman–Crippen MR) is 86.9 cm³/mol. The lowest BCUT2D eigenvalue weighted by atomic mass is 10.1. The number of rotatable bonds is 1. The molecule has 0 radical (unpaired) electrons. The molecule has 1 aromatic carbocycles. The lowest BCUT2D eigenvalue weighted by Crippen LogP contribution is -2.56. The fourth-order valence-corrected chi connectivity index (χ4v) is 2.50. The number of carbonyl (C=O) groups is 2. The van der Waals surface area contributed by atoms with Crippen molar-refractivity contribution < 1.29 is 9.59 Å². The summed E-state index contributed by atoms with van der Waals surface area (Å²) < 4.78 is 0. The fourth-order valence-electron chi connectivity index (χ4n) is 2.50. The van der Waals surface area contributed by atoms with E-state index in [-0.39, 0.29) is 17.5 Å². The number of urea groups is 1. The van der Waals surface area contributed by atoms with E-state index in [9.17, 15) is 9.59 Å². The van der Waals surface area contributed by atoms with Gasteiger partial charge < -0.3 is 15.1 Å². The monoisotopic (exact) mass is 303 g/mol. The van der Waals surface area contributed by atoms with E-state index < -0.39 is 0 Å². The summed E-state index contributed by atoms with van der Waals surface area (Å²) in [6.07, 6.45) is 0. The topological polar surface area (TPSA) is 52.7 Å². The third kappa shape index (κ3) is 4.00. The minimum atomic E-state index is -0.245. The van der Waals surface area contributed by atoms with Crippen molar-refractivity contribution in [2.45, 2.75) is 33.2 Å². The van der Waals surface area contributed by atoms with Crippen molar-refractivity contribution in [1.29, 1.82) is 0 Å². The number of hydrogen-bond acceptors (Lipinski definition) is 2. The van der Waals surface area contributed by atoms with E-state index in [2.05, 4.69) is 5.32 Å². The summed E-state index contributed by atoms with van der Waals surface area (Å²) in [7, 11) is 0. The summed E-state index contributed by atoms with van der Waals surface area (Å²) >= 11 is 0. The van der Waals surface area contributed by atoms with Crippen LogP contribution in [0.2, 0.25) is 0 Å². The second kappa shape index (κ2) is 6.38. The van der Waals surface area contributed by atoms with Crippen LogP contribution in [0.3, 0.4) is 0 Å². The van der Waals surface area contributed by atoms with Crippen molar-refractivity contribution in [3.05, 3.63) is 35.4 Å².